The quantitative estimate of drug-likeness (QED) is 0.835. The van der Waals surface area contributed by atoms with Crippen LogP contribution in [0.25, 0.3) is 0 Å². The highest BCUT2D eigenvalue weighted by Gasteiger charge is 2.15. The summed E-state index contributed by atoms with van der Waals surface area (Å²) in [5.74, 6) is 0.683. The van der Waals surface area contributed by atoms with Crippen LogP contribution in [-0.4, -0.2) is 13.7 Å². The van der Waals surface area contributed by atoms with E-state index >= 15 is 0 Å². The van der Waals surface area contributed by atoms with Crippen LogP contribution in [0.3, 0.4) is 0 Å². The molecule has 0 saturated heterocycles. The summed E-state index contributed by atoms with van der Waals surface area (Å²) in [5, 5.41) is 4.89. The molecule has 112 valence electrons. The smallest absolute Gasteiger partial charge is 0.137 e. The third kappa shape index (κ3) is 3.70. The van der Waals surface area contributed by atoms with E-state index in [2.05, 4.69) is 18.3 Å². The molecule has 2 aromatic rings. The number of rotatable bonds is 5. The van der Waals surface area contributed by atoms with E-state index in [1.165, 1.54) is 5.56 Å². The van der Waals surface area contributed by atoms with E-state index in [4.69, 9.17) is 27.9 Å². The van der Waals surface area contributed by atoms with E-state index in [9.17, 15) is 0 Å². The third-order valence-electron chi connectivity index (χ3n) is 3.43. The summed E-state index contributed by atoms with van der Waals surface area (Å²) in [6.07, 6.45) is 0. The Balaban J connectivity index is 2.44. The fourth-order valence-electron chi connectivity index (χ4n) is 2.34. The zero-order valence-electron chi connectivity index (χ0n) is 12.4. The highest BCUT2D eigenvalue weighted by atomic mass is 35.5. The van der Waals surface area contributed by atoms with Gasteiger partial charge in [0.05, 0.1) is 18.2 Å². The zero-order valence-corrected chi connectivity index (χ0v) is 13.9. The number of hydrogen-bond donors (Lipinski definition) is 1. The fraction of sp³-hybridized carbons (Fsp3) is 0.294. The van der Waals surface area contributed by atoms with Gasteiger partial charge in [0.25, 0.3) is 0 Å². The molecule has 2 aromatic carbocycles. The second-order valence-corrected chi connectivity index (χ2v) is 5.71. The largest absolute Gasteiger partial charge is 0.495 e. The predicted octanol–water partition coefficient (Wildman–Crippen LogP) is 5.01. The molecule has 0 aliphatic carbocycles. The molecule has 2 nitrogen and oxygen atoms in total. The fourth-order valence-corrected chi connectivity index (χ4v) is 2.65. The van der Waals surface area contributed by atoms with Gasteiger partial charge in [-0.1, -0.05) is 48.3 Å². The summed E-state index contributed by atoms with van der Waals surface area (Å²) >= 11 is 12.2. The van der Waals surface area contributed by atoms with Crippen molar-refractivity contribution in [3.8, 4) is 5.75 Å². The molecule has 0 spiro atoms. The van der Waals surface area contributed by atoms with Crippen molar-refractivity contribution in [2.24, 2.45) is 0 Å². The van der Waals surface area contributed by atoms with E-state index in [0.717, 1.165) is 22.7 Å². The molecule has 0 radical (unpaired) electrons. The number of nitrogens with one attached hydrogen (secondary N) is 1. The minimum Gasteiger partial charge on any atom is -0.495 e. The number of aryl methyl sites for hydroxylation is 1. The minimum absolute atomic E-state index is 0.0807. The lowest BCUT2D eigenvalue weighted by molar-refractivity contribution is 0.414. The first-order chi connectivity index (χ1) is 10.1. The summed E-state index contributed by atoms with van der Waals surface area (Å²) in [5.41, 5.74) is 3.35. The molecule has 4 heteroatoms. The molecule has 0 saturated carbocycles. The molecule has 0 aromatic heterocycles. The van der Waals surface area contributed by atoms with Gasteiger partial charge in [-0.3, -0.25) is 0 Å². The van der Waals surface area contributed by atoms with E-state index in [0.29, 0.717) is 10.8 Å². The Labute approximate surface area is 136 Å². The second-order valence-electron chi connectivity index (χ2n) is 4.89. The van der Waals surface area contributed by atoms with Crippen LogP contribution in [0.2, 0.25) is 10.0 Å². The predicted molar refractivity (Wildman–Crippen MR) is 89.7 cm³/mol. The number of hydrogen-bond acceptors (Lipinski definition) is 2. The molecular formula is C17H19Cl2NO. The Hall–Kier alpha value is -1.22. The van der Waals surface area contributed by atoms with Crippen LogP contribution in [0.4, 0.5) is 0 Å². The van der Waals surface area contributed by atoms with Gasteiger partial charge in [0.1, 0.15) is 5.75 Å². The van der Waals surface area contributed by atoms with Crippen LogP contribution < -0.4 is 10.1 Å². The molecule has 0 aliphatic heterocycles. The van der Waals surface area contributed by atoms with Gasteiger partial charge in [-0.2, -0.15) is 0 Å². The highest BCUT2D eigenvalue weighted by molar-refractivity contribution is 6.32. The first-order valence-corrected chi connectivity index (χ1v) is 7.65. The maximum atomic E-state index is 6.12. The van der Waals surface area contributed by atoms with Gasteiger partial charge in [0.15, 0.2) is 0 Å². The summed E-state index contributed by atoms with van der Waals surface area (Å²) in [7, 11) is 1.62. The van der Waals surface area contributed by atoms with Crippen molar-refractivity contribution in [3.05, 3.63) is 63.1 Å². The number of methoxy groups -OCH3 is 1. The lowest BCUT2D eigenvalue weighted by Gasteiger charge is -2.20. The van der Waals surface area contributed by atoms with Crippen LogP contribution >= 0.6 is 23.2 Å². The van der Waals surface area contributed by atoms with Gasteiger partial charge < -0.3 is 10.1 Å². The highest BCUT2D eigenvalue weighted by Crippen LogP contribution is 2.31. The van der Waals surface area contributed by atoms with Crippen molar-refractivity contribution in [1.82, 2.24) is 5.32 Å². The lowest BCUT2D eigenvalue weighted by atomic mass is 9.97. The van der Waals surface area contributed by atoms with Gasteiger partial charge in [-0.05, 0) is 48.4 Å². The molecule has 2 rings (SSSR count). The van der Waals surface area contributed by atoms with Crippen LogP contribution in [0.15, 0.2) is 36.4 Å². The molecule has 1 atom stereocenters. The number of ether oxygens (including phenoxy) is 1. The van der Waals surface area contributed by atoms with Gasteiger partial charge in [-0.15, -0.1) is 0 Å². The van der Waals surface area contributed by atoms with Gasteiger partial charge >= 0.3 is 0 Å². The SMILES string of the molecule is CCNC(c1ccc(Cl)c(C)c1)c1ccc(Cl)c(OC)c1. The van der Waals surface area contributed by atoms with E-state index in [1.54, 1.807) is 7.11 Å². The van der Waals surface area contributed by atoms with E-state index < -0.39 is 0 Å². The van der Waals surface area contributed by atoms with Gasteiger partial charge in [-0.25, -0.2) is 0 Å². The van der Waals surface area contributed by atoms with Crippen molar-refractivity contribution in [1.29, 1.82) is 0 Å². The standard InChI is InChI=1S/C17H19Cl2NO/c1-4-20-17(12-5-7-14(18)11(2)9-12)13-6-8-15(19)16(10-13)21-3/h5-10,17,20H,4H2,1-3H3. The van der Waals surface area contributed by atoms with Crippen molar-refractivity contribution in [3.63, 3.8) is 0 Å². The second kappa shape index (κ2) is 7.17. The summed E-state index contributed by atoms with van der Waals surface area (Å²) in [4.78, 5) is 0. The molecule has 0 heterocycles. The van der Waals surface area contributed by atoms with Crippen molar-refractivity contribution in [2.75, 3.05) is 13.7 Å². The van der Waals surface area contributed by atoms with E-state index in [-0.39, 0.29) is 6.04 Å². The maximum Gasteiger partial charge on any atom is 0.137 e. The van der Waals surface area contributed by atoms with Crippen molar-refractivity contribution in [2.45, 2.75) is 19.9 Å². The number of halogens is 2. The monoisotopic (exact) mass is 323 g/mol. The summed E-state index contributed by atoms with van der Waals surface area (Å²) in [6, 6.07) is 12.0. The molecule has 0 amide bonds. The van der Waals surface area contributed by atoms with Crippen LogP contribution in [0, 0.1) is 6.92 Å². The Kier molecular flexibility index (Phi) is 5.51. The molecule has 0 bridgehead atoms. The summed E-state index contributed by atoms with van der Waals surface area (Å²) in [6.45, 7) is 4.96. The van der Waals surface area contributed by atoms with Crippen LogP contribution in [-0.2, 0) is 0 Å². The third-order valence-corrected chi connectivity index (χ3v) is 4.17. The first kappa shape index (κ1) is 16.2. The van der Waals surface area contributed by atoms with E-state index in [1.807, 2.05) is 37.3 Å². The Morgan fingerprint density at radius 1 is 1.05 bits per heavy atom. The Bertz CT molecular complexity index is 628. The minimum atomic E-state index is 0.0807. The molecular weight excluding hydrogens is 305 g/mol. The average molecular weight is 324 g/mol. The Morgan fingerprint density at radius 3 is 2.24 bits per heavy atom. The molecule has 21 heavy (non-hydrogen) atoms. The van der Waals surface area contributed by atoms with Crippen LogP contribution in [0.1, 0.15) is 29.7 Å². The van der Waals surface area contributed by atoms with Gasteiger partial charge in [0.2, 0.25) is 0 Å². The Morgan fingerprint density at radius 2 is 1.67 bits per heavy atom. The topological polar surface area (TPSA) is 21.3 Å². The van der Waals surface area contributed by atoms with Gasteiger partial charge in [0, 0.05) is 5.02 Å². The molecule has 1 unspecified atom stereocenters. The molecule has 0 aliphatic rings. The number of benzene rings is 2. The lowest BCUT2D eigenvalue weighted by Crippen LogP contribution is -2.22. The van der Waals surface area contributed by atoms with Crippen molar-refractivity contribution < 1.29 is 4.74 Å². The molecule has 0 fully saturated rings. The summed E-state index contributed by atoms with van der Waals surface area (Å²) < 4.78 is 5.31. The van der Waals surface area contributed by atoms with Crippen molar-refractivity contribution >= 4 is 23.2 Å². The average Bonchev–Trinajstić information content (AvgIpc) is 2.48. The maximum absolute atomic E-state index is 6.12. The first-order valence-electron chi connectivity index (χ1n) is 6.89. The normalized spacial score (nSPS) is 12.2. The zero-order chi connectivity index (χ0) is 15.4. The molecule has 1 N–H and O–H groups in total. The van der Waals surface area contributed by atoms with Crippen LogP contribution in [0.5, 0.6) is 5.75 Å².